The first-order valence-electron chi connectivity index (χ1n) is 10.9. The lowest BCUT2D eigenvalue weighted by Crippen LogP contribution is -2.03. The second-order valence-electron chi connectivity index (χ2n) is 8.23. The normalized spacial score (nSPS) is 11.0. The van der Waals surface area contributed by atoms with Gasteiger partial charge in [0.05, 0.1) is 5.69 Å². The third kappa shape index (κ3) is 3.63. The van der Waals surface area contributed by atoms with E-state index in [4.69, 9.17) is 10.2 Å². The summed E-state index contributed by atoms with van der Waals surface area (Å²) in [5.41, 5.74) is 9.15. The summed E-state index contributed by atoms with van der Waals surface area (Å²) < 4.78 is 2.20. The summed E-state index contributed by atoms with van der Waals surface area (Å²) in [6.07, 6.45) is 0. The Morgan fingerprint density at radius 1 is 0.531 bits per heavy atom. The maximum atomic E-state index is 4.70. The number of nitrogens with zero attached hydrogens (tertiary/aromatic N) is 3. The van der Waals surface area contributed by atoms with Crippen molar-refractivity contribution in [2.45, 2.75) is 20.8 Å². The van der Waals surface area contributed by atoms with Crippen molar-refractivity contribution in [3.63, 3.8) is 0 Å². The molecular weight excluding hydrogens is 390 g/mol. The summed E-state index contributed by atoms with van der Waals surface area (Å²) in [6, 6.07) is 33.8. The molecule has 0 unspecified atom stereocenters. The molecule has 3 heteroatoms. The van der Waals surface area contributed by atoms with Crippen LogP contribution in [0.2, 0.25) is 0 Å². The predicted octanol–water partition coefficient (Wildman–Crippen LogP) is 7.19. The lowest BCUT2D eigenvalue weighted by molar-refractivity contribution is 1.05. The Hall–Kier alpha value is -3.98. The molecular formula is C29H25N3. The van der Waals surface area contributed by atoms with Gasteiger partial charge in [-0.3, -0.25) is 4.57 Å². The van der Waals surface area contributed by atoms with Crippen molar-refractivity contribution in [3.8, 4) is 39.6 Å². The van der Waals surface area contributed by atoms with E-state index in [0.29, 0.717) is 0 Å². The fourth-order valence-electron chi connectivity index (χ4n) is 4.13. The highest BCUT2D eigenvalue weighted by Gasteiger charge is 2.20. The van der Waals surface area contributed by atoms with Gasteiger partial charge in [-0.2, -0.15) is 0 Å². The van der Waals surface area contributed by atoms with Crippen LogP contribution in [-0.2, 0) is 0 Å². The van der Waals surface area contributed by atoms with Crippen molar-refractivity contribution in [2.24, 2.45) is 0 Å². The summed E-state index contributed by atoms with van der Waals surface area (Å²) >= 11 is 0. The van der Waals surface area contributed by atoms with Crippen LogP contribution in [0.4, 0.5) is 0 Å². The highest BCUT2D eigenvalue weighted by Crippen LogP contribution is 2.33. The van der Waals surface area contributed by atoms with E-state index in [1.54, 1.807) is 0 Å². The monoisotopic (exact) mass is 415 g/mol. The Labute approximate surface area is 189 Å². The van der Waals surface area contributed by atoms with Crippen molar-refractivity contribution in [3.05, 3.63) is 114 Å². The predicted molar refractivity (Wildman–Crippen MR) is 132 cm³/mol. The number of hydrogen-bond donors (Lipinski definition) is 0. The lowest BCUT2D eigenvalue weighted by atomic mass is 10.0. The van der Waals surface area contributed by atoms with E-state index in [-0.39, 0.29) is 0 Å². The second-order valence-corrected chi connectivity index (χ2v) is 8.23. The molecule has 32 heavy (non-hydrogen) atoms. The van der Waals surface area contributed by atoms with Gasteiger partial charge >= 0.3 is 0 Å². The van der Waals surface area contributed by atoms with Gasteiger partial charge in [-0.05, 0) is 61.2 Å². The summed E-state index contributed by atoms with van der Waals surface area (Å²) in [6.45, 7) is 6.37. The van der Waals surface area contributed by atoms with E-state index in [2.05, 4.69) is 116 Å². The molecule has 5 rings (SSSR count). The van der Waals surface area contributed by atoms with Crippen LogP contribution < -0.4 is 0 Å². The quantitative estimate of drug-likeness (QED) is 0.311. The van der Waals surface area contributed by atoms with Gasteiger partial charge in [0.1, 0.15) is 0 Å². The van der Waals surface area contributed by atoms with Gasteiger partial charge in [0.25, 0.3) is 0 Å². The van der Waals surface area contributed by atoms with Crippen molar-refractivity contribution >= 4 is 0 Å². The van der Waals surface area contributed by atoms with Gasteiger partial charge in [0.2, 0.25) is 0 Å². The SMILES string of the molecule is Cc1ccc(C)c(-c2nnc(-c3cccc(-c4ccccc4)c3)n2-c2ccccc2C)c1. The summed E-state index contributed by atoms with van der Waals surface area (Å²) in [5, 5.41) is 9.40. The molecule has 5 aromatic rings. The van der Waals surface area contributed by atoms with Crippen molar-refractivity contribution in [1.82, 2.24) is 14.8 Å². The molecule has 4 aromatic carbocycles. The minimum absolute atomic E-state index is 0.841. The number of aromatic nitrogens is 3. The average molecular weight is 416 g/mol. The Bertz CT molecular complexity index is 1400. The second kappa shape index (κ2) is 8.27. The molecule has 0 spiro atoms. The Balaban J connectivity index is 1.75. The molecule has 0 aliphatic heterocycles. The molecule has 3 nitrogen and oxygen atoms in total. The van der Waals surface area contributed by atoms with Gasteiger partial charge < -0.3 is 0 Å². The highest BCUT2D eigenvalue weighted by atomic mass is 15.3. The van der Waals surface area contributed by atoms with Gasteiger partial charge in [-0.15, -0.1) is 10.2 Å². The van der Waals surface area contributed by atoms with E-state index >= 15 is 0 Å². The molecule has 0 N–H and O–H groups in total. The van der Waals surface area contributed by atoms with E-state index < -0.39 is 0 Å². The summed E-state index contributed by atoms with van der Waals surface area (Å²) in [4.78, 5) is 0. The Morgan fingerprint density at radius 3 is 2.03 bits per heavy atom. The van der Waals surface area contributed by atoms with Crippen LogP contribution in [0, 0.1) is 20.8 Å². The van der Waals surface area contributed by atoms with E-state index in [0.717, 1.165) is 34.0 Å². The van der Waals surface area contributed by atoms with Crippen molar-refractivity contribution in [2.75, 3.05) is 0 Å². The summed E-state index contributed by atoms with van der Waals surface area (Å²) in [7, 11) is 0. The minimum atomic E-state index is 0.841. The Morgan fingerprint density at radius 2 is 1.22 bits per heavy atom. The fraction of sp³-hybridized carbons (Fsp3) is 0.103. The molecule has 0 fully saturated rings. The van der Waals surface area contributed by atoms with Gasteiger partial charge in [0, 0.05) is 11.1 Å². The van der Waals surface area contributed by atoms with Crippen LogP contribution in [0.15, 0.2) is 97.1 Å². The average Bonchev–Trinajstić information content (AvgIpc) is 3.26. The van der Waals surface area contributed by atoms with Gasteiger partial charge in [0.15, 0.2) is 11.6 Å². The first kappa shape index (κ1) is 20.0. The van der Waals surface area contributed by atoms with E-state index in [1.165, 1.54) is 22.3 Å². The number of benzene rings is 4. The van der Waals surface area contributed by atoms with E-state index in [1.807, 2.05) is 6.07 Å². The Kier molecular flexibility index (Phi) is 5.16. The molecule has 0 saturated carbocycles. The molecule has 0 aliphatic carbocycles. The molecule has 0 radical (unpaired) electrons. The topological polar surface area (TPSA) is 30.7 Å². The molecule has 156 valence electrons. The maximum Gasteiger partial charge on any atom is 0.169 e. The highest BCUT2D eigenvalue weighted by molar-refractivity contribution is 5.74. The van der Waals surface area contributed by atoms with Crippen LogP contribution >= 0.6 is 0 Å². The van der Waals surface area contributed by atoms with Crippen LogP contribution in [0.25, 0.3) is 39.6 Å². The maximum absolute atomic E-state index is 4.70. The van der Waals surface area contributed by atoms with Crippen LogP contribution in [0.1, 0.15) is 16.7 Å². The molecule has 1 aromatic heterocycles. The summed E-state index contributed by atoms with van der Waals surface area (Å²) in [5.74, 6) is 1.70. The van der Waals surface area contributed by atoms with Crippen molar-refractivity contribution < 1.29 is 0 Å². The zero-order chi connectivity index (χ0) is 22.1. The molecule has 0 bridgehead atoms. The lowest BCUT2D eigenvalue weighted by Gasteiger charge is -2.15. The zero-order valence-corrected chi connectivity index (χ0v) is 18.6. The van der Waals surface area contributed by atoms with Crippen LogP contribution in [-0.4, -0.2) is 14.8 Å². The third-order valence-electron chi connectivity index (χ3n) is 5.88. The fourth-order valence-corrected chi connectivity index (χ4v) is 4.13. The zero-order valence-electron chi connectivity index (χ0n) is 18.6. The molecule has 1 heterocycles. The van der Waals surface area contributed by atoms with Gasteiger partial charge in [-0.1, -0.05) is 84.4 Å². The third-order valence-corrected chi connectivity index (χ3v) is 5.88. The standard InChI is InChI=1S/C29H25N3/c1-20-16-17-21(2)26(18-20)29-31-30-28(32(29)27-15-8-7-10-22(27)3)25-14-9-13-24(19-25)23-11-5-4-6-12-23/h4-19H,1-3H3. The largest absolute Gasteiger partial charge is 0.275 e. The van der Waals surface area contributed by atoms with Crippen LogP contribution in [0.3, 0.4) is 0 Å². The van der Waals surface area contributed by atoms with E-state index in [9.17, 15) is 0 Å². The first-order valence-corrected chi connectivity index (χ1v) is 10.9. The van der Waals surface area contributed by atoms with Gasteiger partial charge in [-0.25, -0.2) is 0 Å². The number of rotatable bonds is 4. The molecule has 0 aliphatic rings. The number of para-hydroxylation sites is 1. The van der Waals surface area contributed by atoms with Crippen molar-refractivity contribution in [1.29, 1.82) is 0 Å². The smallest absolute Gasteiger partial charge is 0.169 e. The first-order chi connectivity index (χ1) is 15.6. The molecule has 0 saturated heterocycles. The molecule has 0 amide bonds. The number of aryl methyl sites for hydroxylation is 3. The minimum Gasteiger partial charge on any atom is -0.275 e. The van der Waals surface area contributed by atoms with Crippen LogP contribution in [0.5, 0.6) is 0 Å². The number of hydrogen-bond acceptors (Lipinski definition) is 2. The molecule has 0 atom stereocenters.